The van der Waals surface area contributed by atoms with Gasteiger partial charge in [-0.3, -0.25) is 0 Å². The Labute approximate surface area is 371 Å². The highest BCUT2D eigenvalue weighted by atomic mass is 16.3. The highest BCUT2D eigenvalue weighted by molar-refractivity contribution is 6.13. The Morgan fingerprint density at radius 3 is 1.98 bits per heavy atom. The average Bonchev–Trinajstić information content (AvgIpc) is 4.08. The number of aromatic nitrogens is 1. The number of benzene rings is 9. The van der Waals surface area contributed by atoms with Crippen LogP contribution >= 0.6 is 0 Å². The number of nitrogens with zero attached hydrogens (tertiary/aromatic N) is 2. The summed E-state index contributed by atoms with van der Waals surface area (Å²) in [6, 6.07) is 75.9. The minimum Gasteiger partial charge on any atom is -0.456 e. The van der Waals surface area contributed by atoms with Crippen molar-refractivity contribution in [3.8, 4) is 27.9 Å². The van der Waals surface area contributed by atoms with Crippen molar-refractivity contribution in [1.29, 1.82) is 0 Å². The Kier molecular flexibility index (Phi) is 7.44. The van der Waals surface area contributed by atoms with Crippen LogP contribution in [0.2, 0.25) is 0 Å². The molecule has 3 unspecified atom stereocenters. The molecule has 3 nitrogen and oxygen atoms in total. The van der Waals surface area contributed by atoms with Crippen molar-refractivity contribution in [2.45, 2.75) is 11.3 Å². The van der Waals surface area contributed by atoms with E-state index in [4.69, 9.17) is 4.42 Å². The van der Waals surface area contributed by atoms with Crippen LogP contribution in [0.4, 0.5) is 17.1 Å². The molecule has 9 aromatic carbocycles. The highest BCUT2D eigenvalue weighted by Gasteiger charge is 2.58. The van der Waals surface area contributed by atoms with E-state index in [9.17, 15) is 0 Å². The van der Waals surface area contributed by atoms with E-state index in [0.29, 0.717) is 0 Å². The van der Waals surface area contributed by atoms with Crippen molar-refractivity contribution in [2.75, 3.05) is 4.90 Å². The number of furan rings is 1. The molecule has 3 atom stereocenters. The second kappa shape index (κ2) is 13.4. The summed E-state index contributed by atoms with van der Waals surface area (Å²) in [7, 11) is 0. The van der Waals surface area contributed by atoms with Gasteiger partial charge in [0.05, 0.1) is 16.4 Å². The summed E-state index contributed by atoms with van der Waals surface area (Å²) in [4.78, 5) is 2.47. The number of hydrogen-bond donors (Lipinski definition) is 0. The maximum absolute atomic E-state index is 6.68. The summed E-state index contributed by atoms with van der Waals surface area (Å²) in [6.45, 7) is 0. The van der Waals surface area contributed by atoms with Crippen molar-refractivity contribution in [2.24, 2.45) is 5.92 Å². The number of anilines is 3. The lowest BCUT2D eigenvalue weighted by Gasteiger charge is -2.37. The lowest BCUT2D eigenvalue weighted by molar-refractivity contribution is 0.468. The van der Waals surface area contributed by atoms with E-state index in [-0.39, 0.29) is 11.8 Å². The van der Waals surface area contributed by atoms with Crippen molar-refractivity contribution in [1.82, 2.24) is 4.57 Å². The molecule has 3 aliphatic rings. The zero-order valence-corrected chi connectivity index (χ0v) is 34.9. The van der Waals surface area contributed by atoms with E-state index < -0.39 is 5.41 Å². The summed E-state index contributed by atoms with van der Waals surface area (Å²) in [5.41, 5.74) is 18.7. The molecular weight excluding hydrogens is 777 g/mol. The molecule has 14 rings (SSSR count). The Morgan fingerprint density at radius 2 is 1.11 bits per heavy atom. The third-order valence-corrected chi connectivity index (χ3v) is 14.5. The van der Waals surface area contributed by atoms with Gasteiger partial charge in [-0.25, -0.2) is 0 Å². The molecule has 0 saturated carbocycles. The standard InChI is InChI=1S/C61H40N2O/c1-3-15-39(16-4-1)40-27-29-42(30-28-40)62(43-32-35-56-51(37-43)48-21-9-13-25-55(48)63(56)41-17-5-2-6-18-41)44-31-33-47-49-34-36-58-59(50-22-10-14-26-57(50)64-58)60(49)61(54(47)38-44)52-23-11-7-19-45(52)46-20-8-12-24-53(46)61/h1-38,45,52H. The lowest BCUT2D eigenvalue weighted by Crippen LogP contribution is -2.33. The molecule has 0 N–H and O–H groups in total. The first-order valence-corrected chi connectivity index (χ1v) is 22.3. The van der Waals surface area contributed by atoms with Gasteiger partial charge in [0, 0.05) is 56.1 Å². The number of allylic oxidation sites excluding steroid dienone is 4. The van der Waals surface area contributed by atoms with Gasteiger partial charge >= 0.3 is 0 Å². The van der Waals surface area contributed by atoms with Crippen LogP contribution in [-0.2, 0) is 5.41 Å². The van der Waals surface area contributed by atoms with Crippen LogP contribution in [0.3, 0.4) is 0 Å². The van der Waals surface area contributed by atoms with Gasteiger partial charge in [-0.15, -0.1) is 0 Å². The van der Waals surface area contributed by atoms with Crippen LogP contribution in [0.15, 0.2) is 235 Å². The van der Waals surface area contributed by atoms with Gasteiger partial charge in [-0.2, -0.15) is 0 Å². The molecule has 0 aliphatic heterocycles. The van der Waals surface area contributed by atoms with Gasteiger partial charge in [-0.05, 0) is 117 Å². The van der Waals surface area contributed by atoms with Gasteiger partial charge in [0.15, 0.2) is 0 Å². The molecule has 2 aromatic heterocycles. The molecule has 0 fully saturated rings. The monoisotopic (exact) mass is 816 g/mol. The first-order chi connectivity index (χ1) is 31.8. The summed E-state index contributed by atoms with van der Waals surface area (Å²) >= 11 is 0. The molecule has 2 heterocycles. The van der Waals surface area contributed by atoms with Gasteiger partial charge in [0.2, 0.25) is 0 Å². The minimum atomic E-state index is -0.467. The zero-order valence-electron chi connectivity index (χ0n) is 34.9. The van der Waals surface area contributed by atoms with Crippen LogP contribution in [0.25, 0.3) is 71.7 Å². The van der Waals surface area contributed by atoms with E-state index in [1.807, 2.05) is 0 Å². The molecular formula is C61H40N2O. The van der Waals surface area contributed by atoms with Gasteiger partial charge in [0.1, 0.15) is 11.2 Å². The molecule has 300 valence electrons. The zero-order chi connectivity index (χ0) is 41.9. The van der Waals surface area contributed by atoms with Gasteiger partial charge < -0.3 is 13.9 Å². The molecule has 1 spiro atoms. The van der Waals surface area contributed by atoms with Gasteiger partial charge in [-0.1, -0.05) is 158 Å². The second-order valence-corrected chi connectivity index (χ2v) is 17.5. The average molecular weight is 817 g/mol. The second-order valence-electron chi connectivity index (χ2n) is 17.5. The Morgan fingerprint density at radius 1 is 0.453 bits per heavy atom. The van der Waals surface area contributed by atoms with Crippen LogP contribution in [0.1, 0.15) is 28.2 Å². The third kappa shape index (κ3) is 4.81. The van der Waals surface area contributed by atoms with E-state index in [0.717, 1.165) is 33.9 Å². The molecule has 0 amide bonds. The van der Waals surface area contributed by atoms with Crippen molar-refractivity contribution >= 4 is 60.8 Å². The molecule has 0 radical (unpaired) electrons. The normalized spacial score (nSPS) is 17.9. The van der Waals surface area contributed by atoms with Crippen molar-refractivity contribution < 1.29 is 4.42 Å². The molecule has 3 heteroatoms. The minimum absolute atomic E-state index is 0.170. The highest BCUT2D eigenvalue weighted by Crippen LogP contribution is 2.67. The lowest BCUT2D eigenvalue weighted by atomic mass is 9.64. The maximum atomic E-state index is 6.68. The first kappa shape index (κ1) is 35.5. The van der Waals surface area contributed by atoms with Crippen molar-refractivity contribution in [3.63, 3.8) is 0 Å². The van der Waals surface area contributed by atoms with Crippen molar-refractivity contribution in [3.05, 3.63) is 253 Å². The molecule has 0 bridgehead atoms. The number of para-hydroxylation sites is 3. The number of fused-ring (bicyclic) bond motifs is 17. The molecule has 0 saturated heterocycles. The fourth-order valence-corrected chi connectivity index (χ4v) is 11.9. The summed E-state index contributed by atoms with van der Waals surface area (Å²) in [5.74, 6) is 0.409. The summed E-state index contributed by atoms with van der Waals surface area (Å²) in [6.07, 6.45) is 9.41. The topological polar surface area (TPSA) is 21.3 Å². The quantitative estimate of drug-likeness (QED) is 0.173. The van der Waals surface area contributed by atoms with E-state index >= 15 is 0 Å². The summed E-state index contributed by atoms with van der Waals surface area (Å²) in [5, 5.41) is 4.83. The Hall–Kier alpha value is -8.14. The maximum Gasteiger partial charge on any atom is 0.135 e. The van der Waals surface area contributed by atoms with E-state index in [1.165, 1.54) is 77.1 Å². The number of rotatable bonds is 5. The predicted octanol–water partition coefficient (Wildman–Crippen LogP) is 16.0. The Bertz CT molecular complexity index is 3740. The van der Waals surface area contributed by atoms with Gasteiger partial charge in [0.25, 0.3) is 0 Å². The smallest absolute Gasteiger partial charge is 0.135 e. The largest absolute Gasteiger partial charge is 0.456 e. The van der Waals surface area contributed by atoms with Crippen LogP contribution in [0.5, 0.6) is 0 Å². The third-order valence-electron chi connectivity index (χ3n) is 14.5. The van der Waals surface area contributed by atoms with Crippen LogP contribution in [-0.4, -0.2) is 4.57 Å². The first-order valence-electron chi connectivity index (χ1n) is 22.3. The van der Waals surface area contributed by atoms with Crippen LogP contribution < -0.4 is 4.90 Å². The fourth-order valence-electron chi connectivity index (χ4n) is 11.9. The predicted molar refractivity (Wildman–Crippen MR) is 264 cm³/mol. The van der Waals surface area contributed by atoms with Crippen LogP contribution in [0, 0.1) is 5.92 Å². The SMILES string of the molecule is C1=CC2c3ccccc3C3(c4cc(N(c5ccc(-c6ccccc6)cc5)c5ccc6c(c5)c5ccccc5n6-c5ccccc5)ccc4-c4ccc5oc6ccccc6c5c43)C2C=C1. The summed E-state index contributed by atoms with van der Waals surface area (Å²) < 4.78 is 9.07. The van der Waals surface area contributed by atoms with E-state index in [1.54, 1.807) is 0 Å². The fraction of sp³-hybridized carbons (Fsp3) is 0.0492. The molecule has 64 heavy (non-hydrogen) atoms. The molecule has 11 aromatic rings. The molecule has 3 aliphatic carbocycles. The Balaban J connectivity index is 1.04. The van der Waals surface area contributed by atoms with E-state index in [2.05, 4.69) is 240 Å². The number of hydrogen-bond acceptors (Lipinski definition) is 2.